The Kier molecular flexibility index (Phi) is 3.78. The molecule has 6 heteroatoms. The number of aromatic nitrogens is 4. The summed E-state index contributed by atoms with van der Waals surface area (Å²) in [6.45, 7) is 2.62. The molecule has 25 heavy (non-hydrogen) atoms. The number of hydrogen-bond donors (Lipinski definition) is 2. The molecule has 0 radical (unpaired) electrons. The largest absolute Gasteiger partial charge is 0.508 e. The number of phenolic OH excluding ortho intramolecular Hbond substituents is 1. The van der Waals surface area contributed by atoms with E-state index in [1.54, 1.807) is 30.7 Å². The van der Waals surface area contributed by atoms with Gasteiger partial charge in [0.2, 0.25) is 0 Å². The molecule has 4 aromatic rings. The van der Waals surface area contributed by atoms with Crippen molar-refractivity contribution in [3.05, 3.63) is 72.4 Å². The summed E-state index contributed by atoms with van der Waals surface area (Å²) in [5.41, 5.74) is 4.79. The van der Waals surface area contributed by atoms with Crippen molar-refractivity contribution in [3.8, 4) is 17.0 Å². The van der Waals surface area contributed by atoms with Gasteiger partial charge >= 0.3 is 0 Å². The summed E-state index contributed by atoms with van der Waals surface area (Å²) in [5, 5.41) is 12.9. The Morgan fingerprint density at radius 3 is 2.56 bits per heavy atom. The molecule has 0 fully saturated rings. The highest BCUT2D eigenvalue weighted by molar-refractivity contribution is 5.73. The second-order valence-electron chi connectivity index (χ2n) is 5.77. The van der Waals surface area contributed by atoms with Crippen LogP contribution in [0.4, 0.5) is 5.82 Å². The van der Waals surface area contributed by atoms with E-state index in [0.717, 1.165) is 34.0 Å². The zero-order valence-electron chi connectivity index (χ0n) is 13.7. The molecule has 0 spiro atoms. The van der Waals surface area contributed by atoms with Crippen LogP contribution in [0.5, 0.6) is 5.75 Å². The first-order chi connectivity index (χ1) is 12.2. The van der Waals surface area contributed by atoms with Crippen molar-refractivity contribution < 1.29 is 5.11 Å². The summed E-state index contributed by atoms with van der Waals surface area (Å²) in [6.07, 6.45) is 7.20. The predicted octanol–water partition coefficient (Wildman–Crippen LogP) is 3.42. The van der Waals surface area contributed by atoms with E-state index in [0.29, 0.717) is 6.54 Å². The molecule has 0 aliphatic carbocycles. The lowest BCUT2D eigenvalue weighted by Gasteiger charge is -2.08. The average molecular weight is 331 g/mol. The minimum Gasteiger partial charge on any atom is -0.508 e. The number of imidazole rings is 1. The molecule has 3 aromatic heterocycles. The van der Waals surface area contributed by atoms with Gasteiger partial charge in [-0.15, -0.1) is 0 Å². The summed E-state index contributed by atoms with van der Waals surface area (Å²) >= 11 is 0. The van der Waals surface area contributed by atoms with E-state index in [2.05, 4.69) is 20.3 Å². The van der Waals surface area contributed by atoms with Gasteiger partial charge in [0.15, 0.2) is 11.5 Å². The van der Waals surface area contributed by atoms with E-state index in [1.165, 1.54) is 0 Å². The molecule has 0 aliphatic rings. The minimum absolute atomic E-state index is 0.247. The van der Waals surface area contributed by atoms with Gasteiger partial charge in [0.05, 0.1) is 11.4 Å². The fourth-order valence-electron chi connectivity index (χ4n) is 2.87. The molecule has 0 bridgehead atoms. The van der Waals surface area contributed by atoms with Crippen LogP contribution in [0, 0.1) is 6.92 Å². The zero-order chi connectivity index (χ0) is 17.2. The van der Waals surface area contributed by atoms with Gasteiger partial charge in [0, 0.05) is 36.9 Å². The smallest absolute Gasteiger partial charge is 0.180 e. The predicted molar refractivity (Wildman–Crippen MR) is 96.4 cm³/mol. The first-order valence-electron chi connectivity index (χ1n) is 7.98. The van der Waals surface area contributed by atoms with E-state index in [-0.39, 0.29) is 5.75 Å². The summed E-state index contributed by atoms with van der Waals surface area (Å²) in [6, 6.07) is 11.1. The normalized spacial score (nSPS) is 10.9. The van der Waals surface area contributed by atoms with Gasteiger partial charge in [-0.3, -0.25) is 9.38 Å². The van der Waals surface area contributed by atoms with Crippen LogP contribution in [-0.4, -0.2) is 24.5 Å². The number of aromatic hydroxyl groups is 1. The number of nitrogens with one attached hydrogen (secondary N) is 1. The van der Waals surface area contributed by atoms with Crippen LogP contribution in [0.3, 0.4) is 0 Å². The molecule has 0 amide bonds. The molecule has 3 heterocycles. The summed E-state index contributed by atoms with van der Waals surface area (Å²) in [7, 11) is 0. The van der Waals surface area contributed by atoms with E-state index in [4.69, 9.17) is 0 Å². The number of anilines is 1. The maximum Gasteiger partial charge on any atom is 0.180 e. The maximum absolute atomic E-state index is 9.51. The van der Waals surface area contributed by atoms with Crippen molar-refractivity contribution in [3.63, 3.8) is 0 Å². The van der Waals surface area contributed by atoms with Crippen LogP contribution in [0.1, 0.15) is 11.3 Å². The Hall–Kier alpha value is -3.41. The quantitative estimate of drug-likeness (QED) is 0.599. The molecule has 0 saturated carbocycles. The fourth-order valence-corrected chi connectivity index (χ4v) is 2.87. The molecule has 6 nitrogen and oxygen atoms in total. The summed E-state index contributed by atoms with van der Waals surface area (Å²) < 4.78 is 2.02. The Bertz CT molecular complexity index is 1010. The topological polar surface area (TPSA) is 75.3 Å². The standard InChI is InChI=1S/C19H17N5O/c1-13-17(15-2-4-16(25)5-3-15)24-11-10-21-18(19(24)23-13)22-12-14-6-8-20-9-7-14/h2-11,25H,12H2,1H3,(H,21,22). The Morgan fingerprint density at radius 2 is 1.80 bits per heavy atom. The van der Waals surface area contributed by atoms with Crippen molar-refractivity contribution in [2.75, 3.05) is 5.32 Å². The maximum atomic E-state index is 9.51. The number of pyridine rings is 1. The fraction of sp³-hybridized carbons (Fsp3) is 0.105. The molecule has 0 unspecified atom stereocenters. The number of phenols is 1. The van der Waals surface area contributed by atoms with E-state index in [9.17, 15) is 5.11 Å². The highest BCUT2D eigenvalue weighted by atomic mass is 16.3. The number of aryl methyl sites for hydroxylation is 1. The molecule has 2 N–H and O–H groups in total. The monoisotopic (exact) mass is 331 g/mol. The van der Waals surface area contributed by atoms with Gasteiger partial charge in [0.1, 0.15) is 5.75 Å². The average Bonchev–Trinajstić information content (AvgIpc) is 2.98. The molecule has 0 aliphatic heterocycles. The zero-order valence-corrected chi connectivity index (χ0v) is 13.7. The van der Waals surface area contributed by atoms with Crippen LogP contribution < -0.4 is 5.32 Å². The van der Waals surface area contributed by atoms with Gasteiger partial charge in [-0.1, -0.05) is 0 Å². The van der Waals surface area contributed by atoms with Gasteiger partial charge in [-0.05, 0) is 48.9 Å². The number of nitrogens with zero attached hydrogens (tertiary/aromatic N) is 4. The van der Waals surface area contributed by atoms with Crippen LogP contribution >= 0.6 is 0 Å². The third-order valence-corrected chi connectivity index (χ3v) is 4.07. The van der Waals surface area contributed by atoms with Gasteiger partial charge in [-0.25, -0.2) is 9.97 Å². The first kappa shape index (κ1) is 15.1. The lowest BCUT2D eigenvalue weighted by molar-refractivity contribution is 0.475. The third-order valence-electron chi connectivity index (χ3n) is 4.07. The molecular weight excluding hydrogens is 314 g/mol. The molecule has 124 valence electrons. The Labute approximate surface area is 144 Å². The molecule has 1 aromatic carbocycles. The number of hydrogen-bond acceptors (Lipinski definition) is 5. The van der Waals surface area contributed by atoms with Crippen molar-refractivity contribution in [1.29, 1.82) is 0 Å². The lowest BCUT2D eigenvalue weighted by atomic mass is 10.1. The van der Waals surface area contributed by atoms with Gasteiger partial charge < -0.3 is 10.4 Å². The second-order valence-corrected chi connectivity index (χ2v) is 5.77. The van der Waals surface area contributed by atoms with Crippen molar-refractivity contribution in [2.24, 2.45) is 0 Å². The molecule has 0 atom stereocenters. The SMILES string of the molecule is Cc1nc2c(NCc3ccncc3)nccn2c1-c1ccc(O)cc1. The molecule has 4 rings (SSSR count). The molecular formula is C19H17N5O. The minimum atomic E-state index is 0.247. The van der Waals surface area contributed by atoms with Crippen molar-refractivity contribution in [2.45, 2.75) is 13.5 Å². The first-order valence-corrected chi connectivity index (χ1v) is 7.98. The van der Waals surface area contributed by atoms with Crippen LogP contribution in [-0.2, 0) is 6.54 Å². The number of benzene rings is 1. The van der Waals surface area contributed by atoms with Crippen LogP contribution in [0.15, 0.2) is 61.2 Å². The highest BCUT2D eigenvalue weighted by Gasteiger charge is 2.14. The summed E-state index contributed by atoms with van der Waals surface area (Å²) in [5.74, 6) is 0.976. The van der Waals surface area contributed by atoms with E-state index in [1.807, 2.05) is 41.8 Å². The van der Waals surface area contributed by atoms with E-state index < -0.39 is 0 Å². The highest BCUT2D eigenvalue weighted by Crippen LogP contribution is 2.28. The number of fused-ring (bicyclic) bond motifs is 1. The van der Waals surface area contributed by atoms with Gasteiger partial charge in [0.25, 0.3) is 0 Å². The Balaban J connectivity index is 1.73. The molecule has 0 saturated heterocycles. The van der Waals surface area contributed by atoms with Gasteiger partial charge in [-0.2, -0.15) is 0 Å². The van der Waals surface area contributed by atoms with Crippen molar-refractivity contribution in [1.82, 2.24) is 19.4 Å². The summed E-state index contributed by atoms with van der Waals surface area (Å²) in [4.78, 5) is 13.1. The second kappa shape index (κ2) is 6.24. The Morgan fingerprint density at radius 1 is 1.04 bits per heavy atom. The van der Waals surface area contributed by atoms with Crippen LogP contribution in [0.25, 0.3) is 16.9 Å². The third kappa shape index (κ3) is 2.89. The lowest BCUT2D eigenvalue weighted by Crippen LogP contribution is -2.04. The van der Waals surface area contributed by atoms with Crippen LogP contribution in [0.2, 0.25) is 0 Å². The van der Waals surface area contributed by atoms with E-state index >= 15 is 0 Å². The van der Waals surface area contributed by atoms with Crippen molar-refractivity contribution >= 4 is 11.5 Å². The number of rotatable bonds is 4.